The van der Waals surface area contributed by atoms with E-state index in [1.54, 1.807) is 7.11 Å². The summed E-state index contributed by atoms with van der Waals surface area (Å²) in [5.41, 5.74) is 3.37. The molecule has 5 heteroatoms. The van der Waals surface area contributed by atoms with E-state index in [2.05, 4.69) is 53.5 Å². The van der Waals surface area contributed by atoms with Crippen molar-refractivity contribution in [2.24, 2.45) is 0 Å². The quantitative estimate of drug-likeness (QED) is 0.241. The van der Waals surface area contributed by atoms with Crippen molar-refractivity contribution >= 4 is 0 Å². The Bertz CT molecular complexity index is 1040. The zero-order chi connectivity index (χ0) is 25.2. The Kier molecular flexibility index (Phi) is 9.37. The number of nitrogens with zero attached hydrogens (tertiary/aromatic N) is 1. The molecule has 4 rings (SSSR count). The fraction of sp³-hybridized carbons (Fsp3) is 0.452. The van der Waals surface area contributed by atoms with Crippen LogP contribution in [0.25, 0.3) is 0 Å². The molecular weight excluding hydrogens is 450 g/mol. The fourth-order valence-electron chi connectivity index (χ4n) is 5.33. The number of hydrogen-bond donors (Lipinski definition) is 0. The minimum atomic E-state index is -0.974. The van der Waals surface area contributed by atoms with Gasteiger partial charge in [-0.1, -0.05) is 30.3 Å². The normalized spacial score (nSPS) is 15.1. The molecule has 0 N–H and O–H groups in total. The van der Waals surface area contributed by atoms with Gasteiger partial charge in [0, 0.05) is 37.1 Å². The highest BCUT2D eigenvalue weighted by molar-refractivity contribution is 5.45. The minimum Gasteiger partial charge on any atom is -0.493 e. The van der Waals surface area contributed by atoms with Crippen LogP contribution in [0.15, 0.2) is 73.1 Å². The first kappa shape index (κ1) is 26.2. The molecule has 1 aliphatic carbocycles. The van der Waals surface area contributed by atoms with E-state index in [1.165, 1.54) is 24.0 Å². The van der Waals surface area contributed by atoms with Gasteiger partial charge in [-0.15, -0.1) is 0 Å². The lowest BCUT2D eigenvalue weighted by molar-refractivity contribution is -0.258. The molecule has 1 aliphatic rings. The van der Waals surface area contributed by atoms with E-state index in [0.29, 0.717) is 13.2 Å². The predicted octanol–water partition coefficient (Wildman–Crippen LogP) is 7.05. The van der Waals surface area contributed by atoms with Crippen LogP contribution in [0.1, 0.15) is 68.6 Å². The van der Waals surface area contributed by atoms with E-state index in [-0.39, 0.29) is 12.0 Å². The van der Waals surface area contributed by atoms with E-state index in [4.69, 9.17) is 18.9 Å². The Labute approximate surface area is 215 Å². The van der Waals surface area contributed by atoms with Gasteiger partial charge in [-0.3, -0.25) is 4.98 Å². The zero-order valence-electron chi connectivity index (χ0n) is 21.8. The van der Waals surface area contributed by atoms with Crippen LogP contribution < -0.4 is 9.47 Å². The number of ether oxygens (including phenoxy) is 4. The molecule has 0 spiro atoms. The molecule has 0 aliphatic heterocycles. The van der Waals surface area contributed by atoms with Gasteiger partial charge in [-0.25, -0.2) is 0 Å². The molecule has 1 unspecified atom stereocenters. The third-order valence-electron chi connectivity index (χ3n) is 7.01. The van der Waals surface area contributed by atoms with Gasteiger partial charge in [0.1, 0.15) is 0 Å². The van der Waals surface area contributed by atoms with E-state index in [0.717, 1.165) is 42.7 Å². The number of pyridine rings is 1. The van der Waals surface area contributed by atoms with E-state index >= 15 is 0 Å². The lowest BCUT2D eigenvalue weighted by Crippen LogP contribution is -2.40. The zero-order valence-corrected chi connectivity index (χ0v) is 21.8. The van der Waals surface area contributed by atoms with Crippen molar-refractivity contribution in [3.05, 3.63) is 89.7 Å². The Balaban J connectivity index is 1.78. The molecule has 5 nitrogen and oxygen atoms in total. The fourth-order valence-corrected chi connectivity index (χ4v) is 5.33. The van der Waals surface area contributed by atoms with Gasteiger partial charge >= 0.3 is 0 Å². The van der Waals surface area contributed by atoms with Crippen LogP contribution in [0, 0.1) is 0 Å². The first-order valence-corrected chi connectivity index (χ1v) is 13.3. The Morgan fingerprint density at radius 1 is 0.889 bits per heavy atom. The maximum absolute atomic E-state index is 6.63. The Morgan fingerprint density at radius 3 is 2.22 bits per heavy atom. The van der Waals surface area contributed by atoms with Gasteiger partial charge in [0.05, 0.1) is 13.2 Å². The average Bonchev–Trinajstić information content (AvgIpc) is 3.43. The molecule has 0 radical (unpaired) electrons. The third kappa shape index (κ3) is 6.08. The van der Waals surface area contributed by atoms with Gasteiger partial charge in [0.25, 0.3) is 0 Å². The highest BCUT2D eigenvalue weighted by Crippen LogP contribution is 2.46. The van der Waals surface area contributed by atoms with E-state index < -0.39 is 5.79 Å². The molecular formula is C31H39NO4. The lowest BCUT2D eigenvalue weighted by atomic mass is 9.81. The Morgan fingerprint density at radius 2 is 1.58 bits per heavy atom. The second-order valence-electron chi connectivity index (χ2n) is 9.28. The van der Waals surface area contributed by atoms with Gasteiger partial charge < -0.3 is 18.9 Å². The maximum Gasteiger partial charge on any atom is 0.201 e. The summed E-state index contributed by atoms with van der Waals surface area (Å²) in [6, 6.07) is 20.8. The second-order valence-corrected chi connectivity index (χ2v) is 9.28. The van der Waals surface area contributed by atoms with Crippen LogP contribution in [0.2, 0.25) is 0 Å². The first-order chi connectivity index (χ1) is 17.7. The molecule has 1 atom stereocenters. The summed E-state index contributed by atoms with van der Waals surface area (Å²) < 4.78 is 25.4. The Hall–Kier alpha value is -2.89. The highest BCUT2D eigenvalue weighted by Gasteiger charge is 2.44. The summed E-state index contributed by atoms with van der Waals surface area (Å²) in [7, 11) is 1.69. The topological polar surface area (TPSA) is 49.8 Å². The lowest BCUT2D eigenvalue weighted by Gasteiger charge is -2.41. The van der Waals surface area contributed by atoms with Crippen LogP contribution in [0.4, 0.5) is 0 Å². The van der Waals surface area contributed by atoms with Crippen LogP contribution in [0.3, 0.4) is 0 Å². The van der Waals surface area contributed by atoms with Crippen molar-refractivity contribution in [2.45, 2.75) is 70.2 Å². The maximum atomic E-state index is 6.63. The second kappa shape index (κ2) is 12.9. The number of aromatic nitrogens is 1. The van der Waals surface area contributed by atoms with Crippen molar-refractivity contribution in [1.82, 2.24) is 4.98 Å². The molecule has 1 aromatic heterocycles. The molecule has 0 saturated heterocycles. The van der Waals surface area contributed by atoms with E-state index in [9.17, 15) is 0 Å². The number of methoxy groups -OCH3 is 1. The molecule has 36 heavy (non-hydrogen) atoms. The van der Waals surface area contributed by atoms with Crippen molar-refractivity contribution < 1.29 is 18.9 Å². The van der Waals surface area contributed by atoms with Crippen molar-refractivity contribution in [2.75, 3.05) is 20.3 Å². The summed E-state index contributed by atoms with van der Waals surface area (Å²) in [5, 5.41) is 0. The predicted molar refractivity (Wildman–Crippen MR) is 143 cm³/mol. The number of aryl methyl sites for hydroxylation is 1. The summed E-state index contributed by atoms with van der Waals surface area (Å²) in [6.45, 7) is 5.09. The smallest absolute Gasteiger partial charge is 0.201 e. The highest BCUT2D eigenvalue weighted by atomic mass is 16.7. The van der Waals surface area contributed by atoms with Gasteiger partial charge in [-0.05, 0) is 93.8 Å². The van der Waals surface area contributed by atoms with Gasteiger partial charge in [0.2, 0.25) is 5.79 Å². The number of hydrogen-bond acceptors (Lipinski definition) is 5. The van der Waals surface area contributed by atoms with Crippen LogP contribution in [-0.4, -0.2) is 31.4 Å². The molecule has 192 valence electrons. The molecule has 0 bridgehead atoms. The monoisotopic (exact) mass is 489 g/mol. The summed E-state index contributed by atoms with van der Waals surface area (Å²) in [5.74, 6) is 0.476. The standard InChI is InChI=1S/C31H39NO4/c1-4-34-31(35-5-2,26-16-18-29(33-3)30(23-26)36-27-13-9-10-14-27)28(25-11-7-6-8-12-25)17-15-24-19-21-32-22-20-24/h6-8,11-12,16,18-23,27-28H,4-5,9-10,13-15,17H2,1-3H3. The summed E-state index contributed by atoms with van der Waals surface area (Å²) >= 11 is 0. The SMILES string of the molecule is CCOC(OCC)(c1ccc(OC)c(OC2CCCC2)c1)C(CCc1ccncc1)c1ccccc1. The van der Waals surface area contributed by atoms with Crippen molar-refractivity contribution in [3.63, 3.8) is 0 Å². The molecule has 2 aromatic carbocycles. The number of benzene rings is 2. The molecule has 1 saturated carbocycles. The van der Waals surface area contributed by atoms with Crippen LogP contribution in [0.5, 0.6) is 11.5 Å². The summed E-state index contributed by atoms with van der Waals surface area (Å²) in [4.78, 5) is 4.18. The third-order valence-corrected chi connectivity index (χ3v) is 7.01. The largest absolute Gasteiger partial charge is 0.493 e. The average molecular weight is 490 g/mol. The van der Waals surface area contributed by atoms with E-state index in [1.807, 2.05) is 38.4 Å². The number of rotatable bonds is 13. The van der Waals surface area contributed by atoms with Crippen molar-refractivity contribution in [1.29, 1.82) is 0 Å². The van der Waals surface area contributed by atoms with Crippen LogP contribution in [-0.2, 0) is 21.7 Å². The first-order valence-electron chi connectivity index (χ1n) is 13.3. The van der Waals surface area contributed by atoms with Crippen molar-refractivity contribution in [3.8, 4) is 11.5 Å². The van der Waals surface area contributed by atoms with Gasteiger partial charge in [-0.2, -0.15) is 0 Å². The molecule has 0 amide bonds. The minimum absolute atomic E-state index is 0.0421. The summed E-state index contributed by atoms with van der Waals surface area (Å²) in [6.07, 6.45) is 10.2. The van der Waals surface area contributed by atoms with Gasteiger partial charge in [0.15, 0.2) is 11.5 Å². The van der Waals surface area contributed by atoms with Crippen LogP contribution >= 0.6 is 0 Å². The molecule has 1 heterocycles. The molecule has 3 aromatic rings. The molecule has 1 fully saturated rings.